The van der Waals surface area contributed by atoms with Crippen LogP contribution in [0.25, 0.3) is 22.2 Å². The molecule has 216 valence electrons. The molecule has 41 heavy (non-hydrogen) atoms. The number of aromatic nitrogens is 2. The van der Waals surface area contributed by atoms with E-state index >= 15 is 0 Å². The van der Waals surface area contributed by atoms with E-state index in [0.29, 0.717) is 16.6 Å². The summed E-state index contributed by atoms with van der Waals surface area (Å²) in [6, 6.07) is 14.0. The van der Waals surface area contributed by atoms with Gasteiger partial charge >= 0.3 is 27.9 Å². The molecule has 0 fully saturated rings. The number of para-hydroxylation sites is 1. The lowest BCUT2D eigenvalue weighted by Gasteiger charge is -2.23. The summed E-state index contributed by atoms with van der Waals surface area (Å²) in [7, 11) is -5.67. The fourth-order valence-corrected chi connectivity index (χ4v) is 4.05. The Kier molecular flexibility index (Phi) is 7.61. The Morgan fingerprint density at radius 2 is 1.46 bits per heavy atom. The molecule has 2 N–H and O–H groups in total. The van der Waals surface area contributed by atoms with Crippen molar-refractivity contribution in [2.24, 2.45) is 0 Å². The molecule has 0 aliphatic carbocycles. The Labute approximate surface area is 225 Å². The number of halogens is 9. The fraction of sp³-hybridized carbons (Fsp3) is 0.160. The summed E-state index contributed by atoms with van der Waals surface area (Å²) in [5, 5.41) is 0. The molecule has 1 aromatic heterocycles. The molecular formula is C25H14F9N3O3S. The normalized spacial score (nSPS) is 12.7. The average molecular weight is 607 g/mol. The fourth-order valence-electron chi connectivity index (χ4n) is 3.46. The van der Waals surface area contributed by atoms with Gasteiger partial charge in [0.15, 0.2) is 5.82 Å². The first-order valence-corrected chi connectivity index (χ1v) is 12.5. The quantitative estimate of drug-likeness (QED) is 0.194. The van der Waals surface area contributed by atoms with Crippen LogP contribution in [-0.2, 0) is 10.0 Å². The van der Waals surface area contributed by atoms with Gasteiger partial charge in [-0.05, 0) is 53.9 Å². The molecule has 0 amide bonds. The number of aromatic amines is 1. The molecule has 6 nitrogen and oxygen atoms in total. The van der Waals surface area contributed by atoms with Crippen molar-refractivity contribution in [3.8, 4) is 28.7 Å². The number of benzene rings is 3. The van der Waals surface area contributed by atoms with E-state index in [1.54, 1.807) is 0 Å². The zero-order valence-electron chi connectivity index (χ0n) is 19.9. The highest BCUT2D eigenvalue weighted by molar-refractivity contribution is 7.93. The molecule has 4 aromatic rings. The van der Waals surface area contributed by atoms with Crippen LogP contribution >= 0.6 is 0 Å². The number of anilines is 1. The number of ether oxygens (including phenoxy) is 1. The second-order valence-electron chi connectivity index (χ2n) is 8.27. The van der Waals surface area contributed by atoms with Crippen LogP contribution in [0.2, 0.25) is 0 Å². The maximum absolute atomic E-state index is 12.8. The number of nitrogens with zero attached hydrogens (tertiary/aromatic N) is 1. The topological polar surface area (TPSA) is 84.1 Å². The van der Waals surface area contributed by atoms with E-state index in [2.05, 4.69) is 26.5 Å². The van der Waals surface area contributed by atoms with Gasteiger partial charge in [0.2, 0.25) is 0 Å². The molecule has 0 saturated carbocycles. The van der Waals surface area contributed by atoms with Gasteiger partial charge in [0, 0.05) is 11.1 Å². The van der Waals surface area contributed by atoms with Crippen molar-refractivity contribution in [2.45, 2.75) is 24.0 Å². The van der Waals surface area contributed by atoms with Crippen molar-refractivity contribution in [3.63, 3.8) is 0 Å². The first kappa shape index (κ1) is 29.6. The number of rotatable bonds is 5. The third-order valence-corrected chi connectivity index (χ3v) is 6.40. The Morgan fingerprint density at radius 3 is 2.07 bits per heavy atom. The number of sulfonamides is 1. The molecular weight excluding hydrogens is 593 g/mol. The molecule has 0 bridgehead atoms. The lowest BCUT2D eigenvalue weighted by Crippen LogP contribution is -2.46. The standard InChI is InChI=1S/C25H14F9N3O3S/c26-23(27,28)22(24(29,30)31)40-16-9-5-14(6-10-16)7-12-21-35-19-11-8-15(13-20(19)36-21)17-3-1-2-4-18(17)37-41(38,39)25(32,33)34/h1-6,8-11,13,22,37H,(H,35,36). The van der Waals surface area contributed by atoms with E-state index in [1.807, 2.05) is 0 Å². The predicted octanol–water partition coefficient (Wildman–Crippen LogP) is 6.76. The molecule has 0 aliphatic rings. The van der Waals surface area contributed by atoms with Crippen LogP contribution in [0.1, 0.15) is 11.4 Å². The van der Waals surface area contributed by atoms with Crippen molar-refractivity contribution >= 4 is 26.7 Å². The zero-order valence-corrected chi connectivity index (χ0v) is 20.7. The highest BCUT2D eigenvalue weighted by Crippen LogP contribution is 2.37. The van der Waals surface area contributed by atoms with Gasteiger partial charge in [-0.2, -0.15) is 47.9 Å². The maximum Gasteiger partial charge on any atom is 0.516 e. The van der Waals surface area contributed by atoms with E-state index in [0.717, 1.165) is 30.3 Å². The van der Waals surface area contributed by atoms with E-state index in [9.17, 15) is 47.9 Å². The second kappa shape index (κ2) is 10.5. The van der Waals surface area contributed by atoms with Crippen LogP contribution in [0.4, 0.5) is 45.2 Å². The first-order valence-electron chi connectivity index (χ1n) is 11.0. The monoisotopic (exact) mass is 607 g/mol. The summed E-state index contributed by atoms with van der Waals surface area (Å²) in [5.41, 5.74) is -4.39. The average Bonchev–Trinajstić information content (AvgIpc) is 3.27. The Balaban J connectivity index is 1.55. The SMILES string of the molecule is O=S(=O)(Nc1ccccc1-c1ccc2[nH]c(C#Cc3ccc(OC(C(F)(F)F)C(F)(F)F)cc3)nc2c1)C(F)(F)F. The first-order chi connectivity index (χ1) is 18.9. The van der Waals surface area contributed by atoms with Gasteiger partial charge in [-0.15, -0.1) is 0 Å². The number of nitrogens with one attached hydrogen (secondary N) is 2. The zero-order chi connectivity index (χ0) is 30.2. The minimum absolute atomic E-state index is 0.109. The molecule has 0 spiro atoms. The van der Waals surface area contributed by atoms with E-state index in [4.69, 9.17) is 0 Å². The summed E-state index contributed by atoms with van der Waals surface area (Å²) in [4.78, 5) is 7.11. The summed E-state index contributed by atoms with van der Waals surface area (Å²) in [6.07, 6.45) is -15.3. The van der Waals surface area contributed by atoms with Gasteiger partial charge in [0.05, 0.1) is 16.7 Å². The number of alkyl halides is 9. The van der Waals surface area contributed by atoms with Gasteiger partial charge in [-0.3, -0.25) is 4.72 Å². The minimum Gasteiger partial charge on any atom is -0.471 e. The largest absolute Gasteiger partial charge is 0.516 e. The molecule has 0 aliphatic heterocycles. The second-order valence-corrected chi connectivity index (χ2v) is 9.94. The van der Waals surface area contributed by atoms with Crippen LogP contribution in [0.5, 0.6) is 5.75 Å². The van der Waals surface area contributed by atoms with Crippen molar-refractivity contribution in [3.05, 3.63) is 78.1 Å². The summed E-state index contributed by atoms with van der Waals surface area (Å²) in [6.45, 7) is 0. The summed E-state index contributed by atoms with van der Waals surface area (Å²) >= 11 is 0. The van der Waals surface area contributed by atoms with Crippen LogP contribution in [0.3, 0.4) is 0 Å². The lowest BCUT2D eigenvalue weighted by molar-refractivity contribution is -0.299. The molecule has 4 rings (SSSR count). The number of hydrogen-bond donors (Lipinski definition) is 2. The highest BCUT2D eigenvalue weighted by Gasteiger charge is 2.59. The van der Waals surface area contributed by atoms with Gasteiger partial charge < -0.3 is 9.72 Å². The third-order valence-electron chi connectivity index (χ3n) is 5.30. The van der Waals surface area contributed by atoms with E-state index in [1.165, 1.54) is 41.1 Å². The molecule has 0 radical (unpaired) electrons. The van der Waals surface area contributed by atoms with Gasteiger partial charge in [0.1, 0.15) is 5.75 Å². The van der Waals surface area contributed by atoms with Crippen molar-refractivity contribution in [2.75, 3.05) is 4.72 Å². The molecule has 0 unspecified atom stereocenters. The van der Waals surface area contributed by atoms with Crippen molar-refractivity contribution in [1.82, 2.24) is 9.97 Å². The Bertz CT molecular complexity index is 1720. The highest BCUT2D eigenvalue weighted by atomic mass is 32.2. The molecule has 3 aromatic carbocycles. The van der Waals surface area contributed by atoms with E-state index in [-0.39, 0.29) is 22.6 Å². The Hall–Kier alpha value is -4.39. The smallest absolute Gasteiger partial charge is 0.471 e. The van der Waals surface area contributed by atoms with Crippen molar-refractivity contribution in [1.29, 1.82) is 0 Å². The number of fused-ring (bicyclic) bond motifs is 1. The number of hydrogen-bond acceptors (Lipinski definition) is 4. The minimum atomic E-state index is -5.67. The molecule has 1 heterocycles. The van der Waals surface area contributed by atoms with Crippen LogP contribution in [0, 0.1) is 11.8 Å². The number of imidazole rings is 1. The third kappa shape index (κ3) is 6.85. The van der Waals surface area contributed by atoms with Crippen LogP contribution < -0.4 is 9.46 Å². The summed E-state index contributed by atoms with van der Waals surface area (Å²) < 4.78 is 143. The number of H-pyrrole nitrogens is 1. The van der Waals surface area contributed by atoms with Crippen LogP contribution in [0.15, 0.2) is 66.7 Å². The lowest BCUT2D eigenvalue weighted by atomic mass is 10.0. The van der Waals surface area contributed by atoms with Gasteiger partial charge in [-0.25, -0.2) is 4.98 Å². The maximum atomic E-state index is 12.8. The molecule has 0 saturated heterocycles. The van der Waals surface area contributed by atoms with Gasteiger partial charge in [-0.1, -0.05) is 30.2 Å². The molecule has 0 atom stereocenters. The van der Waals surface area contributed by atoms with E-state index < -0.39 is 39.7 Å². The summed E-state index contributed by atoms with van der Waals surface area (Å²) in [5.74, 6) is 4.71. The van der Waals surface area contributed by atoms with Crippen molar-refractivity contribution < 1.29 is 52.7 Å². The molecule has 16 heteroatoms. The predicted molar refractivity (Wildman–Crippen MR) is 129 cm³/mol. The van der Waals surface area contributed by atoms with Gasteiger partial charge in [0.25, 0.3) is 6.10 Å². The Morgan fingerprint density at radius 1 is 0.829 bits per heavy atom. The van der Waals surface area contributed by atoms with Crippen LogP contribution in [-0.4, -0.2) is 42.4 Å².